The first kappa shape index (κ1) is 18.1. The molecule has 0 spiro atoms. The molecule has 1 saturated carbocycles. The molecule has 0 bridgehead atoms. The molecular formula is C22H24O4. The molecule has 1 atom stereocenters. The number of hydrogen-bond acceptors (Lipinski definition) is 4. The maximum absolute atomic E-state index is 11.7. The summed E-state index contributed by atoms with van der Waals surface area (Å²) in [5.74, 6) is 0.592. The first-order chi connectivity index (χ1) is 12.6. The molecule has 0 aromatic heterocycles. The van der Waals surface area contributed by atoms with Crippen molar-refractivity contribution in [2.45, 2.75) is 32.1 Å². The smallest absolute Gasteiger partial charge is 0.305 e. The number of phenols is 2. The van der Waals surface area contributed by atoms with Crippen LogP contribution in [0.5, 0.6) is 11.5 Å². The normalized spacial score (nSPS) is 17.0. The molecule has 26 heavy (non-hydrogen) atoms. The van der Waals surface area contributed by atoms with Crippen LogP contribution in [0.3, 0.4) is 0 Å². The minimum Gasteiger partial charge on any atom is -0.508 e. The van der Waals surface area contributed by atoms with E-state index in [0.717, 1.165) is 42.4 Å². The van der Waals surface area contributed by atoms with Gasteiger partial charge in [-0.15, -0.1) is 0 Å². The number of carbonyl (C=O) groups excluding carboxylic acids is 1. The third-order valence-electron chi connectivity index (χ3n) is 4.97. The highest BCUT2D eigenvalue weighted by molar-refractivity contribution is 5.82. The predicted molar refractivity (Wildman–Crippen MR) is 101 cm³/mol. The predicted octanol–water partition coefficient (Wildman–Crippen LogP) is 4.65. The Hall–Kier alpha value is -2.75. The molecule has 1 unspecified atom stereocenters. The fourth-order valence-corrected chi connectivity index (χ4v) is 3.71. The summed E-state index contributed by atoms with van der Waals surface area (Å²) in [6.07, 6.45) is 4.34. The summed E-state index contributed by atoms with van der Waals surface area (Å²) in [5, 5.41) is 19.2. The number of hydrogen-bond donors (Lipinski definition) is 2. The summed E-state index contributed by atoms with van der Waals surface area (Å²) in [4.78, 5) is 11.7. The zero-order valence-electron chi connectivity index (χ0n) is 14.9. The lowest BCUT2D eigenvalue weighted by Gasteiger charge is -2.26. The standard InChI is InChI=1S/C22H24O4/c1-26-21(25)14-15-3-2-4-18(13-15)22(16-5-9-19(23)10-6-16)17-7-11-20(24)12-8-17/h5-12,15,23-24H,2-4,13-14H2,1H3. The molecule has 1 aliphatic carbocycles. The van der Waals surface area contributed by atoms with E-state index in [9.17, 15) is 15.0 Å². The van der Waals surface area contributed by atoms with Crippen molar-refractivity contribution in [1.82, 2.24) is 0 Å². The van der Waals surface area contributed by atoms with E-state index in [1.54, 1.807) is 24.3 Å². The van der Waals surface area contributed by atoms with Gasteiger partial charge in [-0.05, 0) is 72.6 Å². The summed E-state index contributed by atoms with van der Waals surface area (Å²) >= 11 is 0. The van der Waals surface area contributed by atoms with E-state index in [-0.39, 0.29) is 23.4 Å². The fourth-order valence-electron chi connectivity index (χ4n) is 3.71. The van der Waals surface area contributed by atoms with Gasteiger partial charge in [0.25, 0.3) is 0 Å². The van der Waals surface area contributed by atoms with Gasteiger partial charge in [0.15, 0.2) is 0 Å². The maximum atomic E-state index is 11.7. The average Bonchev–Trinajstić information content (AvgIpc) is 2.65. The Bertz CT molecular complexity index is 740. The quantitative estimate of drug-likeness (QED) is 0.786. The molecule has 2 N–H and O–H groups in total. The van der Waals surface area contributed by atoms with Crippen LogP contribution in [0.25, 0.3) is 5.57 Å². The van der Waals surface area contributed by atoms with Gasteiger partial charge in [0.05, 0.1) is 7.11 Å². The first-order valence-electron chi connectivity index (χ1n) is 8.94. The fraction of sp³-hybridized carbons (Fsp3) is 0.318. The average molecular weight is 352 g/mol. The van der Waals surface area contributed by atoms with Gasteiger partial charge in [0.2, 0.25) is 0 Å². The number of esters is 1. The van der Waals surface area contributed by atoms with E-state index in [0.29, 0.717) is 6.42 Å². The van der Waals surface area contributed by atoms with E-state index in [1.807, 2.05) is 24.3 Å². The van der Waals surface area contributed by atoms with Crippen LogP contribution < -0.4 is 0 Å². The number of carbonyl (C=O) groups is 1. The molecule has 136 valence electrons. The molecule has 1 fully saturated rings. The summed E-state index contributed by atoms with van der Waals surface area (Å²) in [6, 6.07) is 14.4. The third kappa shape index (κ3) is 4.26. The van der Waals surface area contributed by atoms with Crippen molar-refractivity contribution in [3.63, 3.8) is 0 Å². The molecule has 0 amide bonds. The van der Waals surface area contributed by atoms with Gasteiger partial charge in [-0.2, -0.15) is 0 Å². The van der Waals surface area contributed by atoms with Crippen LogP contribution in [-0.4, -0.2) is 23.3 Å². The van der Waals surface area contributed by atoms with Crippen molar-refractivity contribution in [1.29, 1.82) is 0 Å². The van der Waals surface area contributed by atoms with E-state index in [4.69, 9.17) is 4.74 Å². The lowest BCUT2D eigenvalue weighted by molar-refractivity contribution is -0.141. The number of rotatable bonds is 4. The second-order valence-corrected chi connectivity index (χ2v) is 6.81. The van der Waals surface area contributed by atoms with E-state index in [1.165, 1.54) is 12.7 Å². The SMILES string of the molecule is COC(=O)CC1CCCC(=C(c2ccc(O)cc2)c2ccc(O)cc2)C1. The second kappa shape index (κ2) is 8.09. The summed E-state index contributed by atoms with van der Waals surface area (Å²) < 4.78 is 4.83. The molecule has 0 heterocycles. The van der Waals surface area contributed by atoms with E-state index >= 15 is 0 Å². The highest BCUT2D eigenvalue weighted by Crippen LogP contribution is 2.39. The van der Waals surface area contributed by atoms with Crippen molar-refractivity contribution < 1.29 is 19.7 Å². The molecule has 0 aliphatic heterocycles. The number of phenolic OH excluding ortho intramolecular Hbond substituents is 2. The molecule has 0 radical (unpaired) electrons. The molecule has 3 rings (SSSR count). The minimum atomic E-state index is -0.160. The number of allylic oxidation sites excluding steroid dienone is 1. The summed E-state index contributed by atoms with van der Waals surface area (Å²) in [6.45, 7) is 0. The molecule has 1 aliphatic rings. The highest BCUT2D eigenvalue weighted by Gasteiger charge is 2.23. The van der Waals surface area contributed by atoms with Gasteiger partial charge in [-0.3, -0.25) is 4.79 Å². The maximum Gasteiger partial charge on any atom is 0.305 e. The Balaban J connectivity index is 2.01. The number of benzene rings is 2. The molecule has 2 aromatic carbocycles. The van der Waals surface area contributed by atoms with Crippen LogP contribution in [-0.2, 0) is 9.53 Å². The van der Waals surface area contributed by atoms with Gasteiger partial charge in [0, 0.05) is 6.42 Å². The van der Waals surface area contributed by atoms with E-state index in [2.05, 4.69) is 0 Å². The summed E-state index contributed by atoms with van der Waals surface area (Å²) in [7, 11) is 1.43. The lowest BCUT2D eigenvalue weighted by Crippen LogP contribution is -2.15. The van der Waals surface area contributed by atoms with Crippen LogP contribution in [0, 0.1) is 5.92 Å². The topological polar surface area (TPSA) is 66.8 Å². The Morgan fingerprint density at radius 3 is 2.04 bits per heavy atom. The molecular weight excluding hydrogens is 328 g/mol. The largest absolute Gasteiger partial charge is 0.508 e. The number of ether oxygens (including phenoxy) is 1. The van der Waals surface area contributed by atoms with Gasteiger partial charge in [-0.1, -0.05) is 29.8 Å². The van der Waals surface area contributed by atoms with Crippen LogP contribution in [0.1, 0.15) is 43.2 Å². The highest BCUT2D eigenvalue weighted by atomic mass is 16.5. The van der Waals surface area contributed by atoms with E-state index < -0.39 is 0 Å². The van der Waals surface area contributed by atoms with Gasteiger partial charge in [-0.25, -0.2) is 0 Å². The van der Waals surface area contributed by atoms with Crippen molar-refractivity contribution in [3.05, 3.63) is 65.2 Å². The Morgan fingerprint density at radius 1 is 1.00 bits per heavy atom. The lowest BCUT2D eigenvalue weighted by atomic mass is 9.79. The van der Waals surface area contributed by atoms with Gasteiger partial charge >= 0.3 is 5.97 Å². The van der Waals surface area contributed by atoms with Crippen LogP contribution in [0.15, 0.2) is 54.1 Å². The van der Waals surface area contributed by atoms with Crippen molar-refractivity contribution in [3.8, 4) is 11.5 Å². The first-order valence-corrected chi connectivity index (χ1v) is 8.94. The van der Waals surface area contributed by atoms with Crippen LogP contribution in [0.2, 0.25) is 0 Å². The minimum absolute atomic E-state index is 0.160. The zero-order chi connectivity index (χ0) is 18.5. The number of methoxy groups -OCH3 is 1. The monoisotopic (exact) mass is 352 g/mol. The third-order valence-corrected chi connectivity index (χ3v) is 4.97. The van der Waals surface area contributed by atoms with Crippen molar-refractivity contribution >= 4 is 11.5 Å². The molecule has 0 saturated heterocycles. The van der Waals surface area contributed by atoms with Crippen LogP contribution >= 0.6 is 0 Å². The Kier molecular flexibility index (Phi) is 5.61. The van der Waals surface area contributed by atoms with Gasteiger partial charge in [0.1, 0.15) is 11.5 Å². The summed E-state index contributed by atoms with van der Waals surface area (Å²) in [5.41, 5.74) is 4.49. The molecule has 4 heteroatoms. The number of aromatic hydroxyl groups is 2. The van der Waals surface area contributed by atoms with Crippen LogP contribution in [0.4, 0.5) is 0 Å². The second-order valence-electron chi connectivity index (χ2n) is 6.81. The molecule has 2 aromatic rings. The Labute approximate surface area is 153 Å². The Morgan fingerprint density at radius 2 is 1.54 bits per heavy atom. The zero-order valence-corrected chi connectivity index (χ0v) is 14.9. The molecule has 4 nitrogen and oxygen atoms in total. The van der Waals surface area contributed by atoms with Crippen molar-refractivity contribution in [2.24, 2.45) is 5.92 Å². The van der Waals surface area contributed by atoms with Crippen molar-refractivity contribution in [2.75, 3.05) is 7.11 Å². The van der Waals surface area contributed by atoms with Gasteiger partial charge < -0.3 is 14.9 Å².